The predicted molar refractivity (Wildman–Crippen MR) is 115 cm³/mol. The van der Waals surface area contributed by atoms with E-state index in [-0.39, 0.29) is 30.4 Å². The minimum absolute atomic E-state index is 0.128. The molecule has 1 amide bonds. The Morgan fingerprint density at radius 1 is 1.13 bits per heavy atom. The van der Waals surface area contributed by atoms with E-state index >= 15 is 0 Å². The number of benzene rings is 2. The first-order valence-corrected chi connectivity index (χ1v) is 10.1. The van der Waals surface area contributed by atoms with Gasteiger partial charge >= 0.3 is 5.97 Å². The van der Waals surface area contributed by atoms with E-state index < -0.39 is 10.9 Å². The SMILES string of the molecule is CCOC(=O)c1ccc(N2CCN(C(=O)COc3ccccc3Cl)CC2)c([N+](=O)[O-])c1. The third kappa shape index (κ3) is 5.43. The normalized spacial score (nSPS) is 13.6. The van der Waals surface area contributed by atoms with E-state index in [4.69, 9.17) is 21.1 Å². The topological polar surface area (TPSA) is 102 Å². The van der Waals surface area contributed by atoms with Crippen molar-refractivity contribution in [2.75, 3.05) is 44.3 Å². The average Bonchev–Trinajstić information content (AvgIpc) is 2.78. The summed E-state index contributed by atoms with van der Waals surface area (Å²) in [7, 11) is 0. The lowest BCUT2D eigenvalue weighted by molar-refractivity contribution is -0.384. The number of nitro benzene ring substituents is 1. The van der Waals surface area contributed by atoms with Crippen LogP contribution in [0.4, 0.5) is 11.4 Å². The zero-order chi connectivity index (χ0) is 22.4. The summed E-state index contributed by atoms with van der Waals surface area (Å²) >= 11 is 6.03. The molecule has 2 aromatic rings. The van der Waals surface area contributed by atoms with Gasteiger partial charge in [-0.15, -0.1) is 0 Å². The van der Waals surface area contributed by atoms with Crippen LogP contribution in [0.5, 0.6) is 5.75 Å². The Hall–Kier alpha value is -3.33. The maximum absolute atomic E-state index is 12.5. The first-order valence-electron chi connectivity index (χ1n) is 9.76. The molecular weight excluding hydrogens is 426 g/mol. The molecule has 31 heavy (non-hydrogen) atoms. The predicted octanol–water partition coefficient (Wildman–Crippen LogP) is 3.15. The Bertz CT molecular complexity index is 975. The van der Waals surface area contributed by atoms with Crippen LogP contribution in [0, 0.1) is 10.1 Å². The maximum Gasteiger partial charge on any atom is 0.338 e. The lowest BCUT2D eigenvalue weighted by Crippen LogP contribution is -2.50. The highest BCUT2D eigenvalue weighted by Gasteiger charge is 2.27. The van der Waals surface area contributed by atoms with E-state index in [1.807, 2.05) is 4.90 Å². The Morgan fingerprint density at radius 2 is 1.84 bits per heavy atom. The van der Waals surface area contributed by atoms with Crippen molar-refractivity contribution in [2.24, 2.45) is 0 Å². The quantitative estimate of drug-likeness (QED) is 0.365. The number of nitrogens with zero attached hydrogens (tertiary/aromatic N) is 3. The molecule has 0 saturated carbocycles. The number of carbonyl (C=O) groups is 2. The number of anilines is 1. The van der Waals surface area contributed by atoms with Crippen molar-refractivity contribution in [3.05, 3.63) is 63.2 Å². The van der Waals surface area contributed by atoms with Gasteiger partial charge in [0.15, 0.2) is 6.61 Å². The average molecular weight is 448 g/mol. The van der Waals surface area contributed by atoms with Crippen LogP contribution in [-0.4, -0.2) is 61.1 Å². The molecule has 0 N–H and O–H groups in total. The summed E-state index contributed by atoms with van der Waals surface area (Å²) in [6.45, 7) is 3.32. The number of hydrogen-bond acceptors (Lipinski definition) is 7. The van der Waals surface area contributed by atoms with Crippen molar-refractivity contribution < 1.29 is 24.0 Å². The number of halogens is 1. The third-order valence-electron chi connectivity index (χ3n) is 4.84. The molecule has 0 unspecified atom stereocenters. The highest BCUT2D eigenvalue weighted by atomic mass is 35.5. The molecule has 1 heterocycles. The van der Waals surface area contributed by atoms with Crippen molar-refractivity contribution in [1.29, 1.82) is 0 Å². The molecule has 1 saturated heterocycles. The zero-order valence-corrected chi connectivity index (χ0v) is 17.7. The minimum Gasteiger partial charge on any atom is -0.482 e. The summed E-state index contributed by atoms with van der Waals surface area (Å²) in [5.41, 5.74) is 0.354. The van der Waals surface area contributed by atoms with Crippen LogP contribution < -0.4 is 9.64 Å². The van der Waals surface area contributed by atoms with Crippen LogP contribution in [-0.2, 0) is 9.53 Å². The largest absolute Gasteiger partial charge is 0.482 e. The fourth-order valence-corrected chi connectivity index (χ4v) is 3.46. The van der Waals surface area contributed by atoms with Gasteiger partial charge in [0.2, 0.25) is 0 Å². The van der Waals surface area contributed by atoms with E-state index in [0.717, 1.165) is 0 Å². The molecule has 10 heteroatoms. The van der Waals surface area contributed by atoms with Gasteiger partial charge in [0.1, 0.15) is 11.4 Å². The number of ether oxygens (including phenoxy) is 2. The van der Waals surface area contributed by atoms with Crippen molar-refractivity contribution in [3.63, 3.8) is 0 Å². The summed E-state index contributed by atoms with van der Waals surface area (Å²) in [4.78, 5) is 38.9. The van der Waals surface area contributed by atoms with Crippen molar-refractivity contribution >= 4 is 34.9 Å². The second kappa shape index (κ2) is 10.1. The lowest BCUT2D eigenvalue weighted by atomic mass is 10.1. The van der Waals surface area contributed by atoms with Crippen LogP contribution in [0.2, 0.25) is 5.02 Å². The van der Waals surface area contributed by atoms with Crippen LogP contribution in [0.1, 0.15) is 17.3 Å². The van der Waals surface area contributed by atoms with E-state index in [1.54, 1.807) is 42.2 Å². The van der Waals surface area contributed by atoms with E-state index in [9.17, 15) is 19.7 Å². The number of piperazine rings is 1. The number of hydrogen-bond donors (Lipinski definition) is 0. The first-order chi connectivity index (χ1) is 14.9. The van der Waals surface area contributed by atoms with Crippen LogP contribution in [0.3, 0.4) is 0 Å². The summed E-state index contributed by atoms with van der Waals surface area (Å²) in [6, 6.07) is 11.2. The number of nitro groups is 1. The molecule has 0 spiro atoms. The Labute approximate surface area is 184 Å². The molecule has 0 atom stereocenters. The van der Waals surface area contributed by atoms with E-state index in [1.165, 1.54) is 12.1 Å². The van der Waals surface area contributed by atoms with Crippen molar-refractivity contribution in [3.8, 4) is 5.75 Å². The number of amides is 1. The van der Waals surface area contributed by atoms with Gasteiger partial charge in [0.25, 0.3) is 11.6 Å². The second-order valence-electron chi connectivity index (χ2n) is 6.77. The van der Waals surface area contributed by atoms with Gasteiger partial charge in [-0.25, -0.2) is 4.79 Å². The van der Waals surface area contributed by atoms with Crippen LogP contribution >= 0.6 is 11.6 Å². The molecule has 1 fully saturated rings. The first kappa shape index (κ1) is 22.4. The zero-order valence-electron chi connectivity index (χ0n) is 17.0. The molecule has 0 bridgehead atoms. The highest BCUT2D eigenvalue weighted by molar-refractivity contribution is 6.32. The number of carbonyl (C=O) groups excluding carboxylic acids is 2. The molecule has 3 rings (SSSR count). The standard InChI is InChI=1S/C21H22ClN3O6/c1-2-30-21(27)15-7-8-17(18(13-15)25(28)29)23-9-11-24(12-10-23)20(26)14-31-19-6-4-3-5-16(19)22/h3-8,13H,2,9-12,14H2,1H3. The van der Waals surface area contributed by atoms with Gasteiger partial charge in [-0.3, -0.25) is 14.9 Å². The second-order valence-corrected chi connectivity index (χ2v) is 7.18. The fraction of sp³-hybridized carbons (Fsp3) is 0.333. The molecule has 0 radical (unpaired) electrons. The monoisotopic (exact) mass is 447 g/mol. The summed E-state index contributed by atoms with van der Waals surface area (Å²) in [6.07, 6.45) is 0. The molecule has 1 aliphatic heterocycles. The Kier molecular flexibility index (Phi) is 7.30. The third-order valence-corrected chi connectivity index (χ3v) is 5.16. The molecular formula is C21H22ClN3O6. The van der Waals surface area contributed by atoms with Gasteiger partial charge in [-0.05, 0) is 31.2 Å². The van der Waals surface area contributed by atoms with Gasteiger partial charge < -0.3 is 19.3 Å². The van der Waals surface area contributed by atoms with Crippen LogP contribution in [0.25, 0.3) is 0 Å². The lowest BCUT2D eigenvalue weighted by Gasteiger charge is -2.35. The fourth-order valence-electron chi connectivity index (χ4n) is 3.27. The molecule has 164 valence electrons. The highest BCUT2D eigenvalue weighted by Crippen LogP contribution is 2.30. The summed E-state index contributed by atoms with van der Waals surface area (Å²) < 4.78 is 10.4. The molecule has 9 nitrogen and oxygen atoms in total. The van der Waals surface area contributed by atoms with Gasteiger partial charge in [0, 0.05) is 32.2 Å². The van der Waals surface area contributed by atoms with Gasteiger partial charge in [-0.2, -0.15) is 0 Å². The summed E-state index contributed by atoms with van der Waals surface area (Å²) in [5.74, 6) is -0.355. The summed E-state index contributed by atoms with van der Waals surface area (Å²) in [5, 5.41) is 12.0. The minimum atomic E-state index is -0.605. The number of rotatable bonds is 7. The van der Waals surface area contributed by atoms with Gasteiger partial charge in [-0.1, -0.05) is 23.7 Å². The van der Waals surface area contributed by atoms with Crippen LogP contribution in [0.15, 0.2) is 42.5 Å². The van der Waals surface area contributed by atoms with Crippen molar-refractivity contribution in [2.45, 2.75) is 6.92 Å². The number of esters is 1. The number of para-hydroxylation sites is 1. The molecule has 2 aromatic carbocycles. The Balaban J connectivity index is 1.62. The molecule has 0 aromatic heterocycles. The maximum atomic E-state index is 12.5. The Morgan fingerprint density at radius 3 is 2.48 bits per heavy atom. The molecule has 1 aliphatic rings. The van der Waals surface area contributed by atoms with E-state index in [0.29, 0.717) is 42.6 Å². The van der Waals surface area contributed by atoms with E-state index in [2.05, 4.69) is 0 Å². The van der Waals surface area contributed by atoms with Crippen molar-refractivity contribution in [1.82, 2.24) is 4.90 Å². The molecule has 0 aliphatic carbocycles. The van der Waals surface area contributed by atoms with Gasteiger partial charge in [0.05, 0.1) is 22.1 Å². The smallest absolute Gasteiger partial charge is 0.338 e.